The van der Waals surface area contributed by atoms with Gasteiger partial charge in [0.25, 0.3) is 0 Å². The SMILES string of the molecule is CCc1nn(C)c2c1nc(CCl)n2C1CCCCCC1. The highest BCUT2D eigenvalue weighted by Gasteiger charge is 2.24. The van der Waals surface area contributed by atoms with Gasteiger partial charge in [0.2, 0.25) is 0 Å². The molecule has 0 aliphatic heterocycles. The molecule has 0 unspecified atom stereocenters. The standard InChI is InChI=1S/C15H23ClN4/c1-3-12-14-15(19(2)18-12)20(13(10-16)17-14)11-8-6-4-5-7-9-11/h11H,3-10H2,1-2H3. The maximum Gasteiger partial charge on any atom is 0.158 e. The molecular formula is C15H23ClN4. The van der Waals surface area contributed by atoms with Crippen molar-refractivity contribution in [3.05, 3.63) is 11.5 Å². The third kappa shape index (κ3) is 2.24. The van der Waals surface area contributed by atoms with Gasteiger partial charge in [0.1, 0.15) is 11.3 Å². The predicted octanol–water partition coefficient (Wildman–Crippen LogP) is 3.97. The fraction of sp³-hybridized carbons (Fsp3) is 0.733. The van der Waals surface area contributed by atoms with Crippen LogP contribution in [0.4, 0.5) is 0 Å². The number of rotatable bonds is 3. The minimum absolute atomic E-state index is 0.480. The van der Waals surface area contributed by atoms with E-state index in [-0.39, 0.29) is 0 Å². The number of fused-ring (bicyclic) bond motifs is 1. The molecule has 0 spiro atoms. The van der Waals surface area contributed by atoms with Crippen LogP contribution in [0.25, 0.3) is 11.2 Å². The maximum atomic E-state index is 6.16. The summed E-state index contributed by atoms with van der Waals surface area (Å²) in [6, 6.07) is 0.538. The second kappa shape index (κ2) is 5.76. The molecule has 1 fully saturated rings. The average Bonchev–Trinajstić information content (AvgIpc) is 2.84. The van der Waals surface area contributed by atoms with E-state index in [4.69, 9.17) is 16.6 Å². The lowest BCUT2D eigenvalue weighted by Gasteiger charge is -2.19. The first-order chi connectivity index (χ1) is 9.76. The maximum absolute atomic E-state index is 6.16. The summed E-state index contributed by atoms with van der Waals surface area (Å²) in [7, 11) is 2.02. The van der Waals surface area contributed by atoms with E-state index < -0.39 is 0 Å². The van der Waals surface area contributed by atoms with E-state index >= 15 is 0 Å². The van der Waals surface area contributed by atoms with Crippen LogP contribution in [0, 0.1) is 0 Å². The van der Waals surface area contributed by atoms with Crippen molar-refractivity contribution in [1.29, 1.82) is 0 Å². The molecule has 110 valence electrons. The van der Waals surface area contributed by atoms with Crippen LogP contribution in [0.2, 0.25) is 0 Å². The van der Waals surface area contributed by atoms with Crippen molar-refractivity contribution in [1.82, 2.24) is 19.3 Å². The van der Waals surface area contributed by atoms with E-state index in [9.17, 15) is 0 Å². The molecule has 2 aromatic heterocycles. The molecule has 0 amide bonds. The Morgan fingerprint density at radius 3 is 2.50 bits per heavy atom. The molecule has 1 saturated carbocycles. The first-order valence-electron chi connectivity index (χ1n) is 7.75. The Labute approximate surface area is 125 Å². The van der Waals surface area contributed by atoms with Crippen LogP contribution in [0.3, 0.4) is 0 Å². The molecule has 0 atom stereocenters. The van der Waals surface area contributed by atoms with Crippen molar-refractivity contribution in [3.63, 3.8) is 0 Å². The third-order valence-corrected chi connectivity index (χ3v) is 4.69. The number of aryl methyl sites for hydroxylation is 2. The topological polar surface area (TPSA) is 35.6 Å². The van der Waals surface area contributed by atoms with Crippen molar-refractivity contribution in [2.24, 2.45) is 7.05 Å². The number of hydrogen-bond acceptors (Lipinski definition) is 2. The van der Waals surface area contributed by atoms with Gasteiger partial charge in [-0.2, -0.15) is 5.10 Å². The zero-order valence-corrected chi connectivity index (χ0v) is 13.2. The van der Waals surface area contributed by atoms with Crippen molar-refractivity contribution in [2.45, 2.75) is 63.8 Å². The van der Waals surface area contributed by atoms with E-state index in [0.29, 0.717) is 11.9 Å². The van der Waals surface area contributed by atoms with E-state index in [1.54, 1.807) is 0 Å². The minimum atomic E-state index is 0.480. The third-order valence-electron chi connectivity index (χ3n) is 4.45. The van der Waals surface area contributed by atoms with Crippen molar-refractivity contribution >= 4 is 22.8 Å². The number of nitrogens with zero attached hydrogens (tertiary/aromatic N) is 4. The molecule has 1 aliphatic rings. The highest BCUT2D eigenvalue weighted by molar-refractivity contribution is 6.16. The number of halogens is 1. The zero-order chi connectivity index (χ0) is 14.1. The minimum Gasteiger partial charge on any atom is -0.309 e. The van der Waals surface area contributed by atoms with Crippen molar-refractivity contribution in [3.8, 4) is 0 Å². The Bertz CT molecular complexity index is 591. The molecule has 4 nitrogen and oxygen atoms in total. The summed E-state index contributed by atoms with van der Waals surface area (Å²) >= 11 is 6.16. The Kier molecular flexibility index (Phi) is 4.01. The summed E-state index contributed by atoms with van der Waals surface area (Å²) in [5, 5.41) is 4.61. The molecule has 3 rings (SSSR count). The van der Waals surface area contributed by atoms with E-state index in [0.717, 1.165) is 29.1 Å². The summed E-state index contributed by atoms with van der Waals surface area (Å²) in [6.45, 7) is 2.13. The normalized spacial score (nSPS) is 17.8. The first kappa shape index (κ1) is 13.9. The molecular weight excluding hydrogens is 272 g/mol. The highest BCUT2D eigenvalue weighted by Crippen LogP contribution is 2.32. The molecule has 2 heterocycles. The van der Waals surface area contributed by atoms with Gasteiger partial charge in [-0.05, 0) is 19.3 Å². The molecule has 5 heteroatoms. The quantitative estimate of drug-likeness (QED) is 0.634. The van der Waals surface area contributed by atoms with Gasteiger partial charge in [0.15, 0.2) is 5.65 Å². The lowest BCUT2D eigenvalue weighted by atomic mass is 10.1. The van der Waals surface area contributed by atoms with Crippen LogP contribution in [0.15, 0.2) is 0 Å². The second-order valence-electron chi connectivity index (χ2n) is 5.77. The Morgan fingerprint density at radius 2 is 1.90 bits per heavy atom. The van der Waals surface area contributed by atoms with E-state index in [1.807, 2.05) is 11.7 Å². The Hall–Kier alpha value is -1.03. The molecule has 0 N–H and O–H groups in total. The monoisotopic (exact) mass is 294 g/mol. The molecule has 0 radical (unpaired) electrons. The molecule has 0 bridgehead atoms. The number of aromatic nitrogens is 4. The van der Waals surface area contributed by atoms with Gasteiger partial charge in [0, 0.05) is 13.1 Å². The van der Waals surface area contributed by atoms with Crippen LogP contribution in [0.1, 0.15) is 63.0 Å². The van der Waals surface area contributed by atoms with E-state index in [2.05, 4.69) is 16.6 Å². The van der Waals surface area contributed by atoms with Crippen molar-refractivity contribution < 1.29 is 0 Å². The largest absolute Gasteiger partial charge is 0.309 e. The smallest absolute Gasteiger partial charge is 0.158 e. The predicted molar refractivity (Wildman–Crippen MR) is 82.2 cm³/mol. The van der Waals surface area contributed by atoms with Crippen molar-refractivity contribution in [2.75, 3.05) is 0 Å². The van der Waals surface area contributed by atoms with Gasteiger partial charge in [-0.15, -0.1) is 11.6 Å². The molecule has 0 saturated heterocycles. The first-order valence-corrected chi connectivity index (χ1v) is 8.28. The van der Waals surface area contributed by atoms with Gasteiger partial charge in [-0.1, -0.05) is 32.6 Å². The number of hydrogen-bond donors (Lipinski definition) is 0. The average molecular weight is 295 g/mol. The molecule has 20 heavy (non-hydrogen) atoms. The van der Waals surface area contributed by atoms with E-state index in [1.165, 1.54) is 38.5 Å². The van der Waals surface area contributed by atoms with Crippen LogP contribution in [0.5, 0.6) is 0 Å². The lowest BCUT2D eigenvalue weighted by Crippen LogP contribution is -2.13. The second-order valence-corrected chi connectivity index (χ2v) is 6.04. The van der Waals surface area contributed by atoms with Gasteiger partial charge in [-0.25, -0.2) is 4.98 Å². The van der Waals surface area contributed by atoms with Gasteiger partial charge in [0.05, 0.1) is 11.6 Å². The molecule has 0 aromatic carbocycles. The van der Waals surface area contributed by atoms with Crippen LogP contribution in [-0.2, 0) is 19.3 Å². The Balaban J connectivity index is 2.13. The number of alkyl halides is 1. The van der Waals surface area contributed by atoms with Crippen LogP contribution < -0.4 is 0 Å². The van der Waals surface area contributed by atoms with Gasteiger partial charge >= 0.3 is 0 Å². The zero-order valence-electron chi connectivity index (χ0n) is 12.4. The molecule has 1 aliphatic carbocycles. The van der Waals surface area contributed by atoms with Crippen LogP contribution in [-0.4, -0.2) is 19.3 Å². The summed E-state index contributed by atoms with van der Waals surface area (Å²) in [5.74, 6) is 1.49. The summed E-state index contributed by atoms with van der Waals surface area (Å²) in [5.41, 5.74) is 3.29. The van der Waals surface area contributed by atoms with Gasteiger partial charge < -0.3 is 4.57 Å². The summed E-state index contributed by atoms with van der Waals surface area (Å²) in [4.78, 5) is 4.78. The molecule has 2 aromatic rings. The number of imidazole rings is 1. The highest BCUT2D eigenvalue weighted by atomic mass is 35.5. The van der Waals surface area contributed by atoms with Gasteiger partial charge in [-0.3, -0.25) is 4.68 Å². The van der Waals surface area contributed by atoms with Crippen LogP contribution >= 0.6 is 11.6 Å². The Morgan fingerprint density at radius 1 is 1.20 bits per heavy atom. The summed E-state index contributed by atoms with van der Waals surface area (Å²) in [6.07, 6.45) is 8.73. The fourth-order valence-corrected chi connectivity index (χ4v) is 3.67. The summed E-state index contributed by atoms with van der Waals surface area (Å²) < 4.78 is 4.36. The fourth-order valence-electron chi connectivity index (χ4n) is 3.48. The lowest BCUT2D eigenvalue weighted by molar-refractivity contribution is 0.437.